The highest BCUT2D eigenvalue weighted by atomic mass is 19.2. The van der Waals surface area contributed by atoms with Gasteiger partial charge in [0.25, 0.3) is 0 Å². The predicted molar refractivity (Wildman–Crippen MR) is 61.8 cm³/mol. The number of nitrogens with one attached hydrogen (secondary N) is 1. The van der Waals surface area contributed by atoms with Crippen molar-refractivity contribution in [2.24, 2.45) is 0 Å². The second-order valence-electron chi connectivity index (χ2n) is 4.40. The zero-order valence-corrected chi connectivity index (χ0v) is 10.4. The van der Waals surface area contributed by atoms with E-state index in [2.05, 4.69) is 5.32 Å². The molecule has 19 heavy (non-hydrogen) atoms. The van der Waals surface area contributed by atoms with Crippen molar-refractivity contribution in [3.05, 3.63) is 35.1 Å². The largest absolute Gasteiger partial charge is 0.465 e. The van der Waals surface area contributed by atoms with E-state index in [0.29, 0.717) is 18.4 Å². The molecule has 1 saturated heterocycles. The van der Waals surface area contributed by atoms with Crippen LogP contribution >= 0.6 is 0 Å². The van der Waals surface area contributed by atoms with Gasteiger partial charge in [0, 0.05) is 6.04 Å². The summed E-state index contributed by atoms with van der Waals surface area (Å²) in [6, 6.07) is 1.04. The molecule has 0 amide bonds. The quantitative estimate of drug-likeness (QED) is 0.679. The molecule has 0 spiro atoms. The van der Waals surface area contributed by atoms with E-state index in [0.717, 1.165) is 12.1 Å². The lowest BCUT2D eigenvalue weighted by Crippen LogP contribution is -2.33. The molecule has 0 aromatic heterocycles. The first kappa shape index (κ1) is 13.9. The number of hydrogen-bond acceptors (Lipinski definition) is 3. The fraction of sp³-hybridized carbons (Fsp3) is 0.462. The average molecular weight is 273 g/mol. The van der Waals surface area contributed by atoms with E-state index in [1.54, 1.807) is 6.92 Å². The SMILES string of the molecule is CCOC(=O)C1CC[C@@H](c2cc(F)c(F)c(F)c2)N1. The zero-order chi connectivity index (χ0) is 14.0. The van der Waals surface area contributed by atoms with Crippen LogP contribution in [0, 0.1) is 17.5 Å². The topological polar surface area (TPSA) is 38.3 Å². The van der Waals surface area contributed by atoms with Crippen LogP contribution in [-0.4, -0.2) is 18.6 Å². The van der Waals surface area contributed by atoms with E-state index < -0.39 is 23.5 Å². The van der Waals surface area contributed by atoms with Crippen molar-refractivity contribution in [3.63, 3.8) is 0 Å². The lowest BCUT2D eigenvalue weighted by atomic mass is 10.0. The Kier molecular flexibility index (Phi) is 4.09. The van der Waals surface area contributed by atoms with Gasteiger partial charge < -0.3 is 4.74 Å². The van der Waals surface area contributed by atoms with Crippen LogP contribution in [0.5, 0.6) is 0 Å². The van der Waals surface area contributed by atoms with Gasteiger partial charge in [0.2, 0.25) is 0 Å². The zero-order valence-electron chi connectivity index (χ0n) is 10.4. The Morgan fingerprint density at radius 1 is 1.32 bits per heavy atom. The highest BCUT2D eigenvalue weighted by Gasteiger charge is 2.31. The smallest absolute Gasteiger partial charge is 0.323 e. The molecule has 1 fully saturated rings. The summed E-state index contributed by atoms with van der Waals surface area (Å²) in [6.45, 7) is 1.98. The normalized spacial score (nSPS) is 22.5. The molecule has 1 unspecified atom stereocenters. The number of halogens is 3. The van der Waals surface area contributed by atoms with Gasteiger partial charge in [0.05, 0.1) is 6.61 Å². The van der Waals surface area contributed by atoms with Crippen molar-refractivity contribution in [3.8, 4) is 0 Å². The van der Waals surface area contributed by atoms with Crippen molar-refractivity contribution >= 4 is 5.97 Å². The lowest BCUT2D eigenvalue weighted by molar-refractivity contribution is -0.145. The van der Waals surface area contributed by atoms with Crippen LogP contribution in [0.1, 0.15) is 31.4 Å². The third-order valence-electron chi connectivity index (χ3n) is 3.13. The minimum atomic E-state index is -1.48. The summed E-state index contributed by atoms with van der Waals surface area (Å²) in [6.07, 6.45) is 1.05. The third kappa shape index (κ3) is 2.89. The highest BCUT2D eigenvalue weighted by Crippen LogP contribution is 2.28. The molecular weight excluding hydrogens is 259 g/mol. The average Bonchev–Trinajstić information content (AvgIpc) is 2.85. The number of carbonyl (C=O) groups excluding carboxylic acids is 1. The van der Waals surface area contributed by atoms with E-state index in [4.69, 9.17) is 4.74 Å². The van der Waals surface area contributed by atoms with Gasteiger partial charge in [-0.05, 0) is 37.5 Å². The van der Waals surface area contributed by atoms with Crippen LogP contribution in [-0.2, 0) is 9.53 Å². The maximum Gasteiger partial charge on any atom is 0.323 e. The molecule has 1 aliphatic rings. The first-order valence-corrected chi connectivity index (χ1v) is 6.10. The summed E-state index contributed by atoms with van der Waals surface area (Å²) >= 11 is 0. The second-order valence-corrected chi connectivity index (χ2v) is 4.40. The van der Waals surface area contributed by atoms with E-state index in [1.165, 1.54) is 0 Å². The van der Waals surface area contributed by atoms with E-state index >= 15 is 0 Å². The monoisotopic (exact) mass is 273 g/mol. The summed E-state index contributed by atoms with van der Waals surface area (Å²) in [5.41, 5.74) is 0.295. The fourth-order valence-electron chi connectivity index (χ4n) is 2.21. The summed E-state index contributed by atoms with van der Waals surface area (Å²) in [4.78, 5) is 11.5. The molecular formula is C13H14F3NO2. The van der Waals surface area contributed by atoms with Crippen LogP contribution in [0.25, 0.3) is 0 Å². The second kappa shape index (κ2) is 5.61. The summed E-state index contributed by atoms with van der Waals surface area (Å²) in [7, 11) is 0. The Morgan fingerprint density at radius 2 is 1.95 bits per heavy atom. The van der Waals surface area contributed by atoms with Crippen molar-refractivity contribution in [2.45, 2.75) is 31.8 Å². The van der Waals surface area contributed by atoms with Crippen LogP contribution in [0.15, 0.2) is 12.1 Å². The van der Waals surface area contributed by atoms with Crippen molar-refractivity contribution in [1.82, 2.24) is 5.32 Å². The Balaban J connectivity index is 2.11. The molecule has 2 rings (SSSR count). The molecule has 1 aromatic rings. The minimum Gasteiger partial charge on any atom is -0.465 e. The molecule has 104 valence electrons. The molecule has 0 radical (unpaired) electrons. The lowest BCUT2D eigenvalue weighted by Gasteiger charge is -2.14. The van der Waals surface area contributed by atoms with Gasteiger partial charge in [0.15, 0.2) is 17.5 Å². The number of hydrogen-bond donors (Lipinski definition) is 1. The number of ether oxygens (including phenoxy) is 1. The Hall–Kier alpha value is -1.56. The van der Waals surface area contributed by atoms with Gasteiger partial charge in [-0.2, -0.15) is 0 Å². The van der Waals surface area contributed by atoms with Gasteiger partial charge in [-0.25, -0.2) is 13.2 Å². The standard InChI is InChI=1S/C13H14F3NO2/c1-2-19-13(18)11-4-3-10(17-11)7-5-8(14)12(16)9(15)6-7/h5-6,10-11,17H,2-4H2,1H3/t10-,11?/m0/s1. The fourth-order valence-corrected chi connectivity index (χ4v) is 2.21. The van der Waals surface area contributed by atoms with E-state index in [-0.39, 0.29) is 18.6 Å². The van der Waals surface area contributed by atoms with Crippen LogP contribution < -0.4 is 5.32 Å². The van der Waals surface area contributed by atoms with Gasteiger partial charge in [-0.1, -0.05) is 0 Å². The molecule has 0 saturated carbocycles. The van der Waals surface area contributed by atoms with Crippen molar-refractivity contribution in [2.75, 3.05) is 6.61 Å². The van der Waals surface area contributed by atoms with Crippen LogP contribution in [0.2, 0.25) is 0 Å². The molecule has 1 N–H and O–H groups in total. The molecule has 1 heterocycles. The minimum absolute atomic E-state index is 0.279. The number of esters is 1. The molecule has 0 bridgehead atoms. The molecule has 2 atom stereocenters. The molecule has 1 aromatic carbocycles. The first-order chi connectivity index (χ1) is 9.02. The van der Waals surface area contributed by atoms with Crippen molar-refractivity contribution in [1.29, 1.82) is 0 Å². The Morgan fingerprint density at radius 3 is 2.53 bits per heavy atom. The summed E-state index contributed by atoms with van der Waals surface area (Å²) in [5.74, 6) is -4.32. The molecule has 6 heteroatoms. The Labute approximate surface area is 108 Å². The highest BCUT2D eigenvalue weighted by molar-refractivity contribution is 5.76. The van der Waals surface area contributed by atoms with Crippen molar-refractivity contribution < 1.29 is 22.7 Å². The van der Waals surface area contributed by atoms with E-state index in [9.17, 15) is 18.0 Å². The van der Waals surface area contributed by atoms with Gasteiger partial charge in [-0.15, -0.1) is 0 Å². The third-order valence-corrected chi connectivity index (χ3v) is 3.13. The van der Waals surface area contributed by atoms with Gasteiger partial charge in [-0.3, -0.25) is 10.1 Å². The molecule has 0 aliphatic carbocycles. The van der Waals surface area contributed by atoms with Crippen LogP contribution in [0.3, 0.4) is 0 Å². The number of carbonyl (C=O) groups is 1. The summed E-state index contributed by atoms with van der Waals surface area (Å²) < 4.78 is 44.0. The number of rotatable bonds is 3. The van der Waals surface area contributed by atoms with Gasteiger partial charge >= 0.3 is 5.97 Å². The predicted octanol–water partition coefficient (Wildman–Crippen LogP) is 2.46. The molecule has 3 nitrogen and oxygen atoms in total. The maximum atomic E-state index is 13.1. The summed E-state index contributed by atoms with van der Waals surface area (Å²) in [5, 5.41) is 2.94. The molecule has 1 aliphatic heterocycles. The first-order valence-electron chi connectivity index (χ1n) is 6.10. The van der Waals surface area contributed by atoms with Gasteiger partial charge in [0.1, 0.15) is 6.04 Å². The number of benzene rings is 1. The Bertz CT molecular complexity index is 470. The van der Waals surface area contributed by atoms with Crippen LogP contribution in [0.4, 0.5) is 13.2 Å². The van der Waals surface area contributed by atoms with E-state index in [1.807, 2.05) is 0 Å². The maximum absolute atomic E-state index is 13.1.